The predicted molar refractivity (Wildman–Crippen MR) is 153 cm³/mol. The zero-order chi connectivity index (χ0) is 23.6. The van der Waals surface area contributed by atoms with Gasteiger partial charge in [-0.3, -0.25) is 0 Å². The summed E-state index contributed by atoms with van der Waals surface area (Å²) in [4.78, 5) is 0. The Bertz CT molecular complexity index is 2090. The monoisotopic (exact) mass is 458 g/mol. The molecule has 0 saturated heterocycles. The van der Waals surface area contributed by atoms with Gasteiger partial charge in [0, 0.05) is 33.4 Å². The van der Waals surface area contributed by atoms with Crippen molar-refractivity contribution in [2.45, 2.75) is 0 Å². The molecule has 0 saturated carbocycles. The van der Waals surface area contributed by atoms with E-state index in [1.165, 1.54) is 65.6 Å². The summed E-state index contributed by atoms with van der Waals surface area (Å²) in [6.07, 6.45) is 2.17. The molecule has 168 valence electrons. The van der Waals surface area contributed by atoms with Crippen molar-refractivity contribution in [3.8, 4) is 11.4 Å². The van der Waals surface area contributed by atoms with Gasteiger partial charge in [-0.25, -0.2) is 0 Å². The molecule has 0 unspecified atom stereocenters. The van der Waals surface area contributed by atoms with Crippen LogP contribution < -0.4 is 0 Å². The Morgan fingerprint density at radius 1 is 0.389 bits per heavy atom. The molecule has 8 rings (SSSR count). The van der Waals surface area contributed by atoms with Crippen LogP contribution >= 0.6 is 0 Å². The second-order valence-corrected chi connectivity index (χ2v) is 9.50. The number of aromatic nitrogens is 2. The van der Waals surface area contributed by atoms with Crippen molar-refractivity contribution in [3.05, 3.63) is 134 Å². The Morgan fingerprint density at radius 2 is 1.11 bits per heavy atom. The van der Waals surface area contributed by atoms with Crippen LogP contribution in [-0.4, -0.2) is 9.13 Å². The zero-order valence-electron chi connectivity index (χ0n) is 19.6. The molecule has 0 aliphatic carbocycles. The highest BCUT2D eigenvalue weighted by Gasteiger charge is 2.15. The molecule has 0 aliphatic heterocycles. The van der Waals surface area contributed by atoms with E-state index < -0.39 is 0 Å². The van der Waals surface area contributed by atoms with Crippen molar-refractivity contribution in [1.29, 1.82) is 0 Å². The minimum Gasteiger partial charge on any atom is -0.317 e. The smallest absolute Gasteiger partial charge is 0.0547 e. The quantitative estimate of drug-likeness (QED) is 0.244. The molecular formula is C34H22N2. The van der Waals surface area contributed by atoms with Crippen LogP contribution in [0.1, 0.15) is 0 Å². The van der Waals surface area contributed by atoms with Crippen LogP contribution in [0.4, 0.5) is 0 Å². The third-order valence-electron chi connectivity index (χ3n) is 7.48. The van der Waals surface area contributed by atoms with Crippen LogP contribution in [-0.2, 0) is 0 Å². The van der Waals surface area contributed by atoms with Crippen molar-refractivity contribution in [3.63, 3.8) is 0 Å². The number of nitrogens with zero attached hydrogens (tertiary/aromatic N) is 2. The third kappa shape index (κ3) is 2.73. The summed E-state index contributed by atoms with van der Waals surface area (Å²) in [5.74, 6) is 0. The maximum Gasteiger partial charge on any atom is 0.0547 e. The molecule has 0 spiro atoms. The number of benzene rings is 6. The highest BCUT2D eigenvalue weighted by molar-refractivity contribution is 6.15. The van der Waals surface area contributed by atoms with Gasteiger partial charge in [0.2, 0.25) is 0 Å². The number of hydrogen-bond donors (Lipinski definition) is 0. The standard InChI is InChI=1S/C34H22N2/c1-2-11-27(12-3-1)35-18-17-24-19-25-20-30-29-14-6-7-15-32(29)36(34(30)22-26(25)21-33(24)35)31-16-8-10-23-9-4-5-13-28(23)31/h1-22H. The minimum absolute atomic E-state index is 1.18. The summed E-state index contributed by atoms with van der Waals surface area (Å²) in [6, 6.07) is 46.2. The zero-order valence-corrected chi connectivity index (χ0v) is 19.6. The van der Waals surface area contributed by atoms with E-state index in [0.29, 0.717) is 0 Å². The molecule has 2 aromatic heterocycles. The summed E-state index contributed by atoms with van der Waals surface area (Å²) in [7, 11) is 0. The number of rotatable bonds is 2. The van der Waals surface area contributed by atoms with Gasteiger partial charge in [0.05, 0.1) is 22.2 Å². The van der Waals surface area contributed by atoms with E-state index in [0.717, 1.165) is 0 Å². The van der Waals surface area contributed by atoms with Crippen molar-refractivity contribution in [2.24, 2.45) is 0 Å². The molecule has 0 radical (unpaired) electrons. The summed E-state index contributed by atoms with van der Waals surface area (Å²) in [5, 5.41) is 8.85. The Balaban J connectivity index is 1.49. The van der Waals surface area contributed by atoms with Crippen LogP contribution in [0.5, 0.6) is 0 Å². The predicted octanol–water partition coefficient (Wildman–Crippen LogP) is 9.03. The van der Waals surface area contributed by atoms with E-state index in [2.05, 4.69) is 143 Å². The van der Waals surface area contributed by atoms with Gasteiger partial charge in [-0.05, 0) is 70.8 Å². The maximum atomic E-state index is 2.44. The molecular weight excluding hydrogens is 436 g/mol. The van der Waals surface area contributed by atoms with Crippen LogP contribution in [0.3, 0.4) is 0 Å². The van der Waals surface area contributed by atoms with Gasteiger partial charge in [0.1, 0.15) is 0 Å². The van der Waals surface area contributed by atoms with Crippen molar-refractivity contribution < 1.29 is 0 Å². The second-order valence-electron chi connectivity index (χ2n) is 9.50. The van der Waals surface area contributed by atoms with Gasteiger partial charge in [0.15, 0.2) is 0 Å². The van der Waals surface area contributed by atoms with Crippen LogP contribution in [0.15, 0.2) is 134 Å². The van der Waals surface area contributed by atoms with Crippen molar-refractivity contribution >= 4 is 54.3 Å². The fourth-order valence-electron chi connectivity index (χ4n) is 5.82. The van der Waals surface area contributed by atoms with Crippen LogP contribution in [0, 0.1) is 0 Å². The lowest BCUT2D eigenvalue weighted by Gasteiger charge is -2.12. The van der Waals surface area contributed by atoms with E-state index in [4.69, 9.17) is 0 Å². The lowest BCUT2D eigenvalue weighted by Crippen LogP contribution is -1.95. The Morgan fingerprint density at radius 3 is 2.03 bits per heavy atom. The van der Waals surface area contributed by atoms with Crippen LogP contribution in [0.25, 0.3) is 65.6 Å². The average molecular weight is 459 g/mol. The minimum atomic E-state index is 1.18. The number of para-hydroxylation sites is 2. The first kappa shape index (κ1) is 19.5. The van der Waals surface area contributed by atoms with Gasteiger partial charge in [-0.1, -0.05) is 72.8 Å². The summed E-state index contributed by atoms with van der Waals surface area (Å²) in [6.45, 7) is 0. The van der Waals surface area contributed by atoms with E-state index in [-0.39, 0.29) is 0 Å². The molecule has 0 aliphatic rings. The van der Waals surface area contributed by atoms with Gasteiger partial charge in [-0.2, -0.15) is 0 Å². The largest absolute Gasteiger partial charge is 0.317 e. The molecule has 8 aromatic rings. The lowest BCUT2D eigenvalue weighted by molar-refractivity contribution is 1.13. The third-order valence-corrected chi connectivity index (χ3v) is 7.48. The first-order valence-corrected chi connectivity index (χ1v) is 12.4. The molecule has 2 heterocycles. The SMILES string of the molecule is c1ccc(-n2ccc3cc4cc5c6ccccc6n(-c6cccc7ccccc67)c5cc4cc32)cc1. The molecule has 6 aromatic carbocycles. The number of hydrogen-bond acceptors (Lipinski definition) is 0. The highest BCUT2D eigenvalue weighted by Crippen LogP contribution is 2.38. The molecule has 0 bridgehead atoms. The highest BCUT2D eigenvalue weighted by atomic mass is 15.0. The topological polar surface area (TPSA) is 9.86 Å². The molecule has 0 atom stereocenters. The van der Waals surface area contributed by atoms with E-state index in [1.54, 1.807) is 0 Å². The Kier molecular flexibility index (Phi) is 3.97. The van der Waals surface area contributed by atoms with Gasteiger partial charge in [0.25, 0.3) is 0 Å². The van der Waals surface area contributed by atoms with Gasteiger partial charge < -0.3 is 9.13 Å². The molecule has 0 N–H and O–H groups in total. The lowest BCUT2D eigenvalue weighted by atomic mass is 10.0. The normalized spacial score (nSPS) is 11.9. The summed E-state index contributed by atoms with van der Waals surface area (Å²) in [5.41, 5.74) is 6.08. The number of fused-ring (bicyclic) bond motifs is 6. The van der Waals surface area contributed by atoms with Crippen molar-refractivity contribution in [1.82, 2.24) is 9.13 Å². The van der Waals surface area contributed by atoms with E-state index >= 15 is 0 Å². The Labute approximate surface area is 208 Å². The second kappa shape index (κ2) is 7.34. The fourth-order valence-corrected chi connectivity index (χ4v) is 5.82. The average Bonchev–Trinajstić information content (AvgIpc) is 3.49. The van der Waals surface area contributed by atoms with E-state index in [1.807, 2.05) is 0 Å². The molecule has 36 heavy (non-hydrogen) atoms. The van der Waals surface area contributed by atoms with Crippen LogP contribution in [0.2, 0.25) is 0 Å². The fraction of sp³-hybridized carbons (Fsp3) is 0. The van der Waals surface area contributed by atoms with Gasteiger partial charge in [-0.15, -0.1) is 0 Å². The summed E-state index contributed by atoms with van der Waals surface area (Å²) >= 11 is 0. The van der Waals surface area contributed by atoms with Gasteiger partial charge >= 0.3 is 0 Å². The molecule has 2 heteroatoms. The first-order chi connectivity index (χ1) is 17.8. The maximum absolute atomic E-state index is 2.44. The summed E-state index contributed by atoms with van der Waals surface area (Å²) < 4.78 is 4.71. The first-order valence-electron chi connectivity index (χ1n) is 12.4. The molecule has 0 amide bonds. The van der Waals surface area contributed by atoms with Crippen molar-refractivity contribution in [2.75, 3.05) is 0 Å². The van der Waals surface area contributed by atoms with E-state index in [9.17, 15) is 0 Å². The molecule has 2 nitrogen and oxygen atoms in total. The Hall–Kier alpha value is -4.82. The molecule has 0 fully saturated rings.